The maximum atomic E-state index is 17.2. The molecule has 0 heterocycles. The van der Waals surface area contributed by atoms with Crippen LogP contribution in [0.1, 0.15) is 59.8 Å². The van der Waals surface area contributed by atoms with Crippen LogP contribution < -0.4 is 0 Å². The Morgan fingerprint density at radius 1 is 1.31 bits per heavy atom. The average molecular weight is 467 g/mol. The molecule has 3 saturated carbocycles. The Labute approximate surface area is 193 Å². The molecule has 0 amide bonds. The van der Waals surface area contributed by atoms with Crippen LogP contribution in [0.25, 0.3) is 0 Å². The van der Waals surface area contributed by atoms with Crippen molar-refractivity contribution in [2.45, 2.75) is 77.2 Å². The lowest BCUT2D eigenvalue weighted by Crippen LogP contribution is -2.70. The predicted molar refractivity (Wildman–Crippen MR) is 118 cm³/mol. The highest BCUT2D eigenvalue weighted by Gasteiger charge is 2.77. The zero-order chi connectivity index (χ0) is 23.7. The van der Waals surface area contributed by atoms with Crippen molar-refractivity contribution in [1.29, 1.82) is 0 Å². The van der Waals surface area contributed by atoms with Gasteiger partial charge in [0.25, 0.3) is 0 Å². The molecule has 0 aliphatic heterocycles. The molecular formula is C25H32ClFO5. The number of rotatable bonds is 4. The normalized spacial score (nSPS) is 47.2. The standard InChI is InChI=1S/C25H32ClFO5/c1-5-21(31)32-25(20(30)13-26)14(2)10-18-17-7-6-15-11-16(28)8-9-22(15,3)24(17,27)19(29)12-23(18,25)4/h8-9,11,14,17-19,29H,5-7,10,12-13H2,1-4H3/t14-,17-,18-,19-,22-,23-,24+,25-/m0/s1. The summed E-state index contributed by atoms with van der Waals surface area (Å²) in [5.41, 5.74) is -4.83. The van der Waals surface area contributed by atoms with E-state index in [1.807, 2.05) is 13.8 Å². The van der Waals surface area contributed by atoms with Gasteiger partial charge in [-0.2, -0.15) is 0 Å². The molecule has 5 nitrogen and oxygen atoms in total. The fourth-order valence-electron chi connectivity index (χ4n) is 7.75. The van der Waals surface area contributed by atoms with Crippen molar-refractivity contribution in [2.24, 2.45) is 28.6 Å². The van der Waals surface area contributed by atoms with E-state index >= 15 is 4.39 Å². The molecule has 32 heavy (non-hydrogen) atoms. The van der Waals surface area contributed by atoms with Crippen LogP contribution in [0.4, 0.5) is 4.39 Å². The molecule has 4 aliphatic carbocycles. The molecule has 0 aromatic carbocycles. The molecule has 8 atom stereocenters. The Kier molecular flexibility index (Phi) is 5.53. The van der Waals surface area contributed by atoms with E-state index in [1.165, 1.54) is 12.2 Å². The largest absolute Gasteiger partial charge is 0.450 e. The average Bonchev–Trinajstić information content (AvgIpc) is 2.96. The smallest absolute Gasteiger partial charge is 0.306 e. The number of aliphatic hydroxyl groups is 1. The number of hydrogen-bond donors (Lipinski definition) is 1. The zero-order valence-corrected chi connectivity index (χ0v) is 19.9. The molecule has 0 unspecified atom stereocenters. The van der Waals surface area contributed by atoms with Gasteiger partial charge in [0, 0.05) is 29.1 Å². The van der Waals surface area contributed by atoms with Gasteiger partial charge in [-0.05, 0) is 50.7 Å². The Bertz CT molecular complexity index is 929. The summed E-state index contributed by atoms with van der Waals surface area (Å²) in [4.78, 5) is 37.7. The third-order valence-electron chi connectivity index (χ3n) is 9.28. The van der Waals surface area contributed by atoms with E-state index in [0.29, 0.717) is 24.8 Å². The minimum Gasteiger partial charge on any atom is -0.450 e. The lowest BCUT2D eigenvalue weighted by atomic mass is 9.44. The molecular weight excluding hydrogens is 435 g/mol. The number of carbonyl (C=O) groups excluding carboxylic acids is 3. The molecule has 4 aliphatic rings. The number of carbonyl (C=O) groups is 3. The predicted octanol–water partition coefficient (Wildman–Crippen LogP) is 4.10. The van der Waals surface area contributed by atoms with Crippen LogP contribution in [0, 0.1) is 28.6 Å². The summed E-state index contributed by atoms with van der Waals surface area (Å²) < 4.78 is 23.1. The summed E-state index contributed by atoms with van der Waals surface area (Å²) in [5, 5.41) is 11.4. The van der Waals surface area contributed by atoms with Crippen molar-refractivity contribution in [3.8, 4) is 0 Å². The molecule has 0 aromatic rings. The van der Waals surface area contributed by atoms with Crippen LogP contribution in [-0.4, -0.2) is 45.9 Å². The van der Waals surface area contributed by atoms with E-state index in [2.05, 4.69) is 0 Å². The number of ether oxygens (including phenoxy) is 1. The van der Waals surface area contributed by atoms with Crippen LogP contribution in [0.3, 0.4) is 0 Å². The summed E-state index contributed by atoms with van der Waals surface area (Å²) in [5.74, 6) is -2.57. The summed E-state index contributed by atoms with van der Waals surface area (Å²) in [6.45, 7) is 7.13. The first-order valence-electron chi connectivity index (χ1n) is 11.5. The maximum absolute atomic E-state index is 17.2. The first-order valence-corrected chi connectivity index (χ1v) is 12.1. The molecule has 1 N–H and O–H groups in total. The maximum Gasteiger partial charge on any atom is 0.306 e. The van der Waals surface area contributed by atoms with E-state index in [4.69, 9.17) is 16.3 Å². The van der Waals surface area contributed by atoms with Gasteiger partial charge in [-0.25, -0.2) is 4.39 Å². The third kappa shape index (κ3) is 2.68. The van der Waals surface area contributed by atoms with Gasteiger partial charge in [0.05, 0.1) is 12.0 Å². The number of fused-ring (bicyclic) bond motifs is 5. The summed E-state index contributed by atoms with van der Waals surface area (Å²) >= 11 is 6.01. The number of ketones is 2. The van der Waals surface area contributed by atoms with Gasteiger partial charge in [0.2, 0.25) is 0 Å². The van der Waals surface area contributed by atoms with Gasteiger partial charge >= 0.3 is 5.97 Å². The Morgan fingerprint density at radius 3 is 2.62 bits per heavy atom. The van der Waals surface area contributed by atoms with Crippen molar-refractivity contribution < 1.29 is 28.6 Å². The summed E-state index contributed by atoms with van der Waals surface area (Å²) in [6, 6.07) is 0. The molecule has 0 aromatic heterocycles. The minimum absolute atomic E-state index is 0.0285. The van der Waals surface area contributed by atoms with Crippen molar-refractivity contribution in [3.05, 3.63) is 23.8 Å². The zero-order valence-electron chi connectivity index (χ0n) is 19.1. The Morgan fingerprint density at radius 2 is 2.00 bits per heavy atom. The van der Waals surface area contributed by atoms with Gasteiger partial charge < -0.3 is 9.84 Å². The van der Waals surface area contributed by atoms with Gasteiger partial charge in [0.1, 0.15) is 0 Å². The Hall–Kier alpha value is -1.53. The number of esters is 1. The van der Waals surface area contributed by atoms with Crippen molar-refractivity contribution >= 4 is 29.1 Å². The second kappa shape index (κ2) is 7.49. The molecule has 0 saturated heterocycles. The first-order chi connectivity index (χ1) is 14.9. The second-order valence-corrected chi connectivity index (χ2v) is 10.8. The van der Waals surface area contributed by atoms with Gasteiger partial charge in [0.15, 0.2) is 22.8 Å². The van der Waals surface area contributed by atoms with Crippen LogP contribution >= 0.6 is 11.6 Å². The molecule has 4 rings (SSSR count). The molecule has 176 valence electrons. The number of Topliss-reactive ketones (excluding diaryl/α,β-unsaturated/α-hetero) is 1. The molecule has 0 spiro atoms. The van der Waals surface area contributed by atoms with Crippen LogP contribution in [0.5, 0.6) is 0 Å². The number of halogens is 2. The van der Waals surface area contributed by atoms with Crippen LogP contribution in [0.15, 0.2) is 23.8 Å². The Balaban J connectivity index is 1.85. The van der Waals surface area contributed by atoms with Gasteiger partial charge in [-0.3, -0.25) is 14.4 Å². The molecule has 0 radical (unpaired) electrons. The van der Waals surface area contributed by atoms with Gasteiger partial charge in [-0.1, -0.05) is 32.4 Å². The quantitative estimate of drug-likeness (QED) is 0.498. The molecule has 7 heteroatoms. The highest BCUT2D eigenvalue weighted by atomic mass is 35.5. The minimum atomic E-state index is -1.99. The van der Waals surface area contributed by atoms with Crippen molar-refractivity contribution in [1.82, 2.24) is 0 Å². The van der Waals surface area contributed by atoms with E-state index in [1.54, 1.807) is 19.9 Å². The summed E-state index contributed by atoms with van der Waals surface area (Å²) in [7, 11) is 0. The van der Waals surface area contributed by atoms with E-state index < -0.39 is 40.1 Å². The highest BCUT2D eigenvalue weighted by Crippen LogP contribution is 2.71. The number of hydrogen-bond acceptors (Lipinski definition) is 5. The number of alkyl halides is 2. The molecule has 3 fully saturated rings. The fraction of sp³-hybridized carbons (Fsp3) is 0.720. The van der Waals surface area contributed by atoms with E-state index in [0.717, 1.165) is 0 Å². The highest BCUT2D eigenvalue weighted by molar-refractivity contribution is 6.29. The molecule has 0 bridgehead atoms. The van der Waals surface area contributed by atoms with Crippen LogP contribution in [-0.2, 0) is 19.1 Å². The van der Waals surface area contributed by atoms with E-state index in [9.17, 15) is 19.5 Å². The number of aliphatic hydroxyl groups excluding tert-OH is 1. The lowest BCUT2D eigenvalue weighted by molar-refractivity contribution is -0.227. The monoisotopic (exact) mass is 466 g/mol. The second-order valence-electron chi connectivity index (χ2n) is 10.5. The van der Waals surface area contributed by atoms with Gasteiger partial charge in [-0.15, -0.1) is 11.6 Å². The van der Waals surface area contributed by atoms with Crippen LogP contribution in [0.2, 0.25) is 0 Å². The van der Waals surface area contributed by atoms with Crippen molar-refractivity contribution in [3.63, 3.8) is 0 Å². The fourth-order valence-corrected chi connectivity index (χ4v) is 7.95. The lowest BCUT2D eigenvalue weighted by Gasteiger charge is -2.62. The third-order valence-corrected chi connectivity index (χ3v) is 9.52. The summed E-state index contributed by atoms with van der Waals surface area (Å²) in [6.07, 6.45) is 4.67. The van der Waals surface area contributed by atoms with Crippen molar-refractivity contribution in [2.75, 3.05) is 5.88 Å². The first kappa shape index (κ1) is 23.6. The number of allylic oxidation sites excluding steroid dienone is 4. The van der Waals surface area contributed by atoms with E-state index in [-0.39, 0.29) is 42.1 Å². The topological polar surface area (TPSA) is 80.7 Å². The SMILES string of the molecule is CCC(=O)O[C@]1(C(=O)CCl)[C@@H](C)C[C@H]2[C@@H]3CCC4=CC(=O)C=C[C@]4(C)[C@]3(F)[C@@H](O)C[C@@]21C.